The first-order chi connectivity index (χ1) is 27.6. The second kappa shape index (κ2) is 15.8. The van der Waals surface area contributed by atoms with Crippen LogP contribution in [0.2, 0.25) is 18.1 Å². The number of Topliss-reactive ketones (excluding diaryl/α,β-unsaturated/α-hetero) is 2. The maximum Gasteiger partial charge on any atom is 0.265 e. The molecule has 1 N–H and O–H groups in total. The Kier molecular flexibility index (Phi) is 11.1. The Labute approximate surface area is 342 Å². The van der Waals surface area contributed by atoms with Crippen LogP contribution in [0, 0.1) is 11.8 Å². The van der Waals surface area contributed by atoms with Crippen LogP contribution in [0.15, 0.2) is 108 Å². The molecule has 4 aromatic rings. The van der Waals surface area contributed by atoms with Gasteiger partial charge in [0, 0.05) is 44.2 Å². The first-order valence-electron chi connectivity index (χ1n) is 19.9. The molecule has 0 fully saturated rings. The van der Waals surface area contributed by atoms with Crippen LogP contribution in [0.1, 0.15) is 76.4 Å². The summed E-state index contributed by atoms with van der Waals surface area (Å²) in [6.07, 6.45) is 5.83. The highest BCUT2D eigenvalue weighted by atomic mass is 28.4. The molecule has 2 aromatic carbocycles. The average molecular weight is 803 g/mol. The Morgan fingerprint density at radius 2 is 1.55 bits per heavy atom. The molecule has 0 bridgehead atoms. The normalized spacial score (nSPS) is 21.5. The van der Waals surface area contributed by atoms with E-state index in [9.17, 15) is 5.11 Å². The first-order valence-corrected chi connectivity index (χ1v) is 22.8. The fourth-order valence-corrected chi connectivity index (χ4v) is 9.96. The van der Waals surface area contributed by atoms with Gasteiger partial charge in [0.25, 0.3) is 5.88 Å². The van der Waals surface area contributed by atoms with E-state index in [4.69, 9.17) is 23.4 Å². The van der Waals surface area contributed by atoms with Gasteiger partial charge in [-0.3, -0.25) is 14.5 Å². The van der Waals surface area contributed by atoms with E-state index >= 15 is 9.59 Å². The first kappa shape index (κ1) is 40.9. The van der Waals surface area contributed by atoms with Crippen LogP contribution < -0.4 is 14.4 Å². The number of ether oxygens (including phenoxy) is 2. The van der Waals surface area contributed by atoms with Crippen LogP contribution in [0.3, 0.4) is 0 Å². The van der Waals surface area contributed by atoms with Gasteiger partial charge in [-0.1, -0.05) is 93.6 Å². The van der Waals surface area contributed by atoms with E-state index < -0.39 is 43.4 Å². The van der Waals surface area contributed by atoms with Crippen LogP contribution >= 0.6 is 0 Å². The lowest BCUT2D eigenvalue weighted by atomic mass is 9.58. The van der Waals surface area contributed by atoms with E-state index in [1.54, 1.807) is 18.3 Å². The minimum Gasteiger partial charge on any atom is -0.508 e. The number of aromatic nitrogens is 2. The molecule has 2 aromatic heterocycles. The van der Waals surface area contributed by atoms with Crippen LogP contribution in [0.5, 0.6) is 11.6 Å². The fraction of sp³-hybridized carbons (Fsp3) is 0.391. The van der Waals surface area contributed by atoms with Crippen LogP contribution in [-0.2, 0) is 24.1 Å². The molecule has 0 saturated heterocycles. The molecule has 7 rings (SSSR count). The summed E-state index contributed by atoms with van der Waals surface area (Å²) < 4.78 is 26.2. The number of fused-ring (bicyclic) bond motifs is 4. The van der Waals surface area contributed by atoms with Gasteiger partial charge in [0.1, 0.15) is 36.1 Å². The third-order valence-corrected chi connectivity index (χ3v) is 16.7. The molecule has 3 aliphatic carbocycles. The molecule has 0 aliphatic heterocycles. The minimum atomic E-state index is -2.94. The number of pyridine rings is 1. The molecule has 3 aliphatic rings. The predicted octanol–water partition coefficient (Wildman–Crippen LogP) is 8.85. The molecule has 12 heteroatoms. The number of anilines is 1. The highest BCUT2D eigenvalue weighted by molar-refractivity contribution is 6.74. The van der Waals surface area contributed by atoms with Gasteiger partial charge in [-0.15, -0.1) is 13.2 Å². The van der Waals surface area contributed by atoms with Crippen LogP contribution in [0.4, 0.5) is 5.82 Å². The van der Waals surface area contributed by atoms with Crippen LogP contribution in [-0.4, -0.2) is 72.8 Å². The molecule has 4 atom stereocenters. The lowest BCUT2D eigenvalue weighted by Crippen LogP contribution is -2.65. The topological polar surface area (TPSA) is 127 Å². The van der Waals surface area contributed by atoms with Crippen molar-refractivity contribution in [2.24, 2.45) is 11.8 Å². The van der Waals surface area contributed by atoms with E-state index in [-0.39, 0.29) is 41.0 Å². The molecular weight excluding hydrogens is 749 g/mol. The largest absolute Gasteiger partial charge is 0.508 e. The Balaban J connectivity index is 1.46. The van der Waals surface area contributed by atoms with E-state index in [1.165, 1.54) is 0 Å². The van der Waals surface area contributed by atoms with Gasteiger partial charge in [-0.05, 0) is 53.2 Å². The number of rotatable bonds is 14. The van der Waals surface area contributed by atoms with Crippen molar-refractivity contribution in [2.45, 2.75) is 76.6 Å². The summed E-state index contributed by atoms with van der Waals surface area (Å²) in [4.78, 5) is 39.8. The highest BCUT2D eigenvalue weighted by Crippen LogP contribution is 2.60. The molecule has 0 amide bonds. The number of ketones is 2. The number of carbonyl (C=O) groups is 2. The van der Waals surface area contributed by atoms with Gasteiger partial charge < -0.3 is 28.4 Å². The van der Waals surface area contributed by atoms with Crippen LogP contribution in [0.25, 0.3) is 0 Å². The van der Waals surface area contributed by atoms with Crippen molar-refractivity contribution in [1.29, 1.82) is 0 Å². The lowest BCUT2D eigenvalue weighted by Gasteiger charge is -2.55. The quantitative estimate of drug-likeness (QED) is 0.0971. The second-order valence-electron chi connectivity index (χ2n) is 17.2. The molecule has 0 saturated carbocycles. The van der Waals surface area contributed by atoms with E-state index in [0.717, 1.165) is 16.7 Å². The number of allylic oxidation sites excluding steroid dienone is 1. The zero-order valence-corrected chi connectivity index (χ0v) is 35.6. The maximum absolute atomic E-state index is 15.8. The third-order valence-electron chi connectivity index (χ3n) is 12.2. The van der Waals surface area contributed by atoms with Gasteiger partial charge in [0.15, 0.2) is 25.5 Å². The Morgan fingerprint density at radius 1 is 0.948 bits per heavy atom. The molecular formula is C46H54N4O7Si. The zero-order valence-electron chi connectivity index (χ0n) is 34.6. The standard InChI is InChI=1S/C46H54N4O7Si/c1-10-22-50(23-11-2)38-33-25-31-24-32-36(34(26-47-43(32)49(6)7)54-27-29-18-14-12-15-19-29)39(51)35(31)41(52)46(33,57-58(8,9)45(3,4)5)42(53)37-40(38)56-48-44(37)55-28-30-20-16-13-17-21-30/h10-21,26,31,33,38,52H,1-2,22-25,27-28H2,3-9H3/t31-,33-,38-,46-/m0/s1. The number of carbonyl (C=O) groups excluding carboxylic acids is 2. The monoisotopic (exact) mass is 802 g/mol. The SMILES string of the molecule is C=CCN(CC=C)[C@@H]1c2onc(OCc3ccccc3)c2C(=O)[C@@]2(O[Si](C)(C)C(C)(C)C)C(O)=C3C(=O)c4c(OCc5ccccc5)cnc(N(C)C)c4C[C@H]3C[C@@H]12. The van der Waals surface area contributed by atoms with Crippen molar-refractivity contribution < 1.29 is 33.1 Å². The van der Waals surface area contributed by atoms with Crippen molar-refractivity contribution in [1.82, 2.24) is 15.0 Å². The van der Waals surface area contributed by atoms with E-state index in [1.807, 2.05) is 79.7 Å². The molecule has 0 radical (unpaired) electrons. The summed E-state index contributed by atoms with van der Waals surface area (Å²) in [5, 5.41) is 17.1. The molecule has 2 heterocycles. The Hall–Kier alpha value is -5.30. The van der Waals surface area contributed by atoms with Crippen molar-refractivity contribution in [2.75, 3.05) is 32.1 Å². The summed E-state index contributed by atoms with van der Waals surface area (Å²) in [6.45, 7) is 19.6. The van der Waals surface area contributed by atoms with Gasteiger partial charge >= 0.3 is 0 Å². The number of nitrogens with zero attached hydrogens (tertiary/aromatic N) is 4. The summed E-state index contributed by atoms with van der Waals surface area (Å²) in [5.41, 5.74) is 1.11. The molecule has 58 heavy (non-hydrogen) atoms. The zero-order chi connectivity index (χ0) is 41.6. The third kappa shape index (κ3) is 7.00. The molecule has 304 valence electrons. The van der Waals surface area contributed by atoms with Crippen molar-refractivity contribution in [3.05, 3.63) is 137 Å². The number of aliphatic hydroxyl groups is 1. The van der Waals surface area contributed by atoms with E-state index in [2.05, 4.69) is 57.1 Å². The number of aliphatic hydroxyl groups excluding tert-OH is 1. The summed E-state index contributed by atoms with van der Waals surface area (Å²) >= 11 is 0. The average Bonchev–Trinajstić information content (AvgIpc) is 3.61. The highest BCUT2D eigenvalue weighted by Gasteiger charge is 2.67. The van der Waals surface area contributed by atoms with Crippen molar-refractivity contribution in [3.63, 3.8) is 0 Å². The smallest absolute Gasteiger partial charge is 0.265 e. The Morgan fingerprint density at radius 3 is 2.12 bits per heavy atom. The summed E-state index contributed by atoms with van der Waals surface area (Å²) in [7, 11) is 0.841. The van der Waals surface area contributed by atoms with Crippen molar-refractivity contribution >= 4 is 25.7 Å². The molecule has 11 nitrogen and oxygen atoms in total. The fourth-order valence-electron chi connectivity index (χ4n) is 8.51. The van der Waals surface area contributed by atoms with Gasteiger partial charge in [-0.25, -0.2) is 4.98 Å². The minimum absolute atomic E-state index is 0.00111. The Bertz CT molecular complexity index is 2230. The lowest BCUT2D eigenvalue weighted by molar-refractivity contribution is -0.0524. The van der Waals surface area contributed by atoms with Crippen molar-refractivity contribution in [3.8, 4) is 11.6 Å². The van der Waals surface area contributed by atoms with Gasteiger partial charge in [0.2, 0.25) is 5.78 Å². The number of hydrogen-bond donors (Lipinski definition) is 1. The summed E-state index contributed by atoms with van der Waals surface area (Å²) in [5.74, 6) is -1.27. The predicted molar refractivity (Wildman–Crippen MR) is 226 cm³/mol. The summed E-state index contributed by atoms with van der Waals surface area (Å²) in [6, 6.07) is 18.6. The molecule has 0 spiro atoms. The number of hydrogen-bond acceptors (Lipinski definition) is 11. The van der Waals surface area contributed by atoms with E-state index in [0.29, 0.717) is 48.8 Å². The van der Waals surface area contributed by atoms with Gasteiger partial charge in [-0.2, -0.15) is 0 Å². The number of benzene rings is 2. The molecule has 0 unspecified atom stereocenters. The maximum atomic E-state index is 15.8. The second-order valence-corrected chi connectivity index (χ2v) is 21.9. The van der Waals surface area contributed by atoms with Gasteiger partial charge in [0.05, 0.1) is 17.8 Å².